The van der Waals surface area contributed by atoms with E-state index in [-0.39, 0.29) is 5.78 Å². The van der Waals surface area contributed by atoms with Crippen LogP contribution < -0.4 is 4.90 Å². The van der Waals surface area contributed by atoms with E-state index < -0.39 is 0 Å². The number of halogens is 1. The fourth-order valence-corrected chi connectivity index (χ4v) is 3.30. The minimum atomic E-state index is 0.108. The molecule has 1 fully saturated rings. The number of rotatable bonds is 3. The number of ketones is 1. The standard InChI is InChI=1S/C15H21BrN2O/c1-4-17-7-8-18(10-11(17)2)15-6-5-13(12(3)19)9-14(15)16/h5-6,9,11H,4,7-8,10H2,1-3H3. The van der Waals surface area contributed by atoms with Gasteiger partial charge in [-0.3, -0.25) is 9.69 Å². The molecule has 1 saturated heterocycles. The number of nitrogens with zero attached hydrogens (tertiary/aromatic N) is 2. The van der Waals surface area contributed by atoms with Crippen LogP contribution in [0.25, 0.3) is 0 Å². The predicted octanol–water partition coefficient (Wildman–Crippen LogP) is 3.18. The molecule has 3 nitrogen and oxygen atoms in total. The highest BCUT2D eigenvalue weighted by Crippen LogP contribution is 2.29. The number of carbonyl (C=O) groups excluding carboxylic acids is 1. The average Bonchev–Trinajstić information content (AvgIpc) is 2.38. The Morgan fingerprint density at radius 2 is 2.16 bits per heavy atom. The summed E-state index contributed by atoms with van der Waals surface area (Å²) < 4.78 is 1.01. The quantitative estimate of drug-likeness (QED) is 0.798. The summed E-state index contributed by atoms with van der Waals surface area (Å²) in [6.45, 7) is 10.4. The van der Waals surface area contributed by atoms with Crippen LogP contribution in [0.1, 0.15) is 31.1 Å². The molecule has 2 rings (SSSR count). The normalized spacial score (nSPS) is 20.6. The molecule has 1 aliphatic rings. The van der Waals surface area contributed by atoms with Crippen LogP contribution >= 0.6 is 15.9 Å². The molecule has 0 aliphatic carbocycles. The predicted molar refractivity (Wildman–Crippen MR) is 83.1 cm³/mol. The van der Waals surface area contributed by atoms with Gasteiger partial charge in [0.15, 0.2) is 5.78 Å². The lowest BCUT2D eigenvalue weighted by atomic mass is 10.1. The van der Waals surface area contributed by atoms with Gasteiger partial charge in [-0.15, -0.1) is 0 Å². The summed E-state index contributed by atoms with van der Waals surface area (Å²) in [5.74, 6) is 0.108. The van der Waals surface area contributed by atoms with E-state index in [1.807, 2.05) is 12.1 Å². The second-order valence-corrected chi connectivity index (χ2v) is 6.00. The van der Waals surface area contributed by atoms with Gasteiger partial charge in [-0.2, -0.15) is 0 Å². The first kappa shape index (κ1) is 14.5. The van der Waals surface area contributed by atoms with E-state index in [2.05, 4.69) is 45.6 Å². The molecule has 0 saturated carbocycles. The SMILES string of the molecule is CCN1CCN(c2ccc(C(C)=O)cc2Br)CC1C. The van der Waals surface area contributed by atoms with Crippen molar-refractivity contribution in [1.29, 1.82) is 0 Å². The van der Waals surface area contributed by atoms with Crippen LogP contribution in [0.2, 0.25) is 0 Å². The minimum absolute atomic E-state index is 0.108. The highest BCUT2D eigenvalue weighted by Gasteiger charge is 2.23. The first-order valence-corrected chi connectivity index (χ1v) is 7.61. The van der Waals surface area contributed by atoms with E-state index in [0.717, 1.165) is 36.2 Å². The number of benzene rings is 1. The summed E-state index contributed by atoms with van der Waals surface area (Å²) in [5, 5.41) is 0. The molecule has 0 aromatic heterocycles. The molecular weight excluding hydrogens is 304 g/mol. The number of likely N-dealkylation sites (N-methyl/N-ethyl adjacent to an activating group) is 1. The smallest absolute Gasteiger partial charge is 0.159 e. The molecule has 1 unspecified atom stereocenters. The molecule has 0 radical (unpaired) electrons. The van der Waals surface area contributed by atoms with Crippen LogP contribution in [-0.4, -0.2) is 42.9 Å². The fourth-order valence-electron chi connectivity index (χ4n) is 2.67. The third-order valence-corrected chi connectivity index (χ3v) is 4.50. The van der Waals surface area contributed by atoms with Gasteiger partial charge >= 0.3 is 0 Å². The first-order chi connectivity index (χ1) is 9.02. The average molecular weight is 325 g/mol. The highest BCUT2D eigenvalue weighted by atomic mass is 79.9. The van der Waals surface area contributed by atoms with Gasteiger partial charge in [0, 0.05) is 35.7 Å². The van der Waals surface area contributed by atoms with E-state index in [1.165, 1.54) is 5.69 Å². The van der Waals surface area contributed by atoms with Gasteiger partial charge in [0.05, 0.1) is 5.69 Å². The van der Waals surface area contributed by atoms with Crippen LogP contribution in [0.4, 0.5) is 5.69 Å². The van der Waals surface area contributed by atoms with E-state index in [4.69, 9.17) is 0 Å². The number of piperazine rings is 1. The number of hydrogen-bond acceptors (Lipinski definition) is 3. The van der Waals surface area contributed by atoms with Crippen molar-refractivity contribution in [2.24, 2.45) is 0 Å². The maximum Gasteiger partial charge on any atom is 0.159 e. The molecule has 0 amide bonds. The van der Waals surface area contributed by atoms with Crippen LogP contribution in [0.15, 0.2) is 22.7 Å². The van der Waals surface area contributed by atoms with Gasteiger partial charge in [0.2, 0.25) is 0 Å². The van der Waals surface area contributed by atoms with Crippen molar-refractivity contribution in [3.8, 4) is 0 Å². The zero-order valence-electron chi connectivity index (χ0n) is 11.8. The Balaban J connectivity index is 2.17. The van der Waals surface area contributed by atoms with Crippen molar-refractivity contribution in [3.63, 3.8) is 0 Å². The summed E-state index contributed by atoms with van der Waals surface area (Å²) in [7, 11) is 0. The monoisotopic (exact) mass is 324 g/mol. The van der Waals surface area contributed by atoms with Gasteiger partial charge < -0.3 is 4.90 Å². The van der Waals surface area contributed by atoms with Crippen LogP contribution in [-0.2, 0) is 0 Å². The lowest BCUT2D eigenvalue weighted by Crippen LogP contribution is -2.51. The van der Waals surface area contributed by atoms with Gasteiger partial charge in [-0.1, -0.05) is 6.92 Å². The van der Waals surface area contributed by atoms with Crippen molar-refractivity contribution in [3.05, 3.63) is 28.2 Å². The summed E-state index contributed by atoms with van der Waals surface area (Å²) in [5.41, 5.74) is 1.95. The topological polar surface area (TPSA) is 23.6 Å². The number of Topliss-reactive ketones (excluding diaryl/α,β-unsaturated/α-hetero) is 1. The highest BCUT2D eigenvalue weighted by molar-refractivity contribution is 9.10. The summed E-state index contributed by atoms with van der Waals surface area (Å²) in [6.07, 6.45) is 0. The molecule has 0 bridgehead atoms. The zero-order valence-corrected chi connectivity index (χ0v) is 13.4. The zero-order chi connectivity index (χ0) is 14.0. The van der Waals surface area contributed by atoms with Crippen LogP contribution in [0.3, 0.4) is 0 Å². The minimum Gasteiger partial charge on any atom is -0.368 e. The van der Waals surface area contributed by atoms with Crippen molar-refractivity contribution in [1.82, 2.24) is 4.90 Å². The van der Waals surface area contributed by atoms with Crippen molar-refractivity contribution in [2.75, 3.05) is 31.1 Å². The van der Waals surface area contributed by atoms with Gasteiger partial charge in [-0.25, -0.2) is 0 Å². The largest absolute Gasteiger partial charge is 0.368 e. The number of hydrogen-bond donors (Lipinski definition) is 0. The molecule has 19 heavy (non-hydrogen) atoms. The summed E-state index contributed by atoms with van der Waals surface area (Å²) in [4.78, 5) is 16.3. The Bertz CT molecular complexity index is 475. The molecule has 4 heteroatoms. The van der Waals surface area contributed by atoms with E-state index >= 15 is 0 Å². The second kappa shape index (κ2) is 6.06. The Morgan fingerprint density at radius 1 is 1.42 bits per heavy atom. The molecule has 1 aromatic rings. The Hall–Kier alpha value is -0.870. The van der Waals surface area contributed by atoms with Crippen molar-refractivity contribution < 1.29 is 4.79 Å². The summed E-state index contributed by atoms with van der Waals surface area (Å²) >= 11 is 3.60. The number of carbonyl (C=O) groups is 1. The van der Waals surface area contributed by atoms with Gasteiger partial charge in [-0.05, 0) is 54.5 Å². The molecular formula is C15H21BrN2O. The lowest BCUT2D eigenvalue weighted by molar-refractivity contribution is 0.101. The third kappa shape index (κ3) is 3.18. The van der Waals surface area contributed by atoms with E-state index in [1.54, 1.807) is 6.92 Å². The molecule has 0 spiro atoms. The van der Waals surface area contributed by atoms with E-state index in [0.29, 0.717) is 6.04 Å². The Kier molecular flexibility index (Phi) is 4.63. The van der Waals surface area contributed by atoms with E-state index in [9.17, 15) is 4.79 Å². The van der Waals surface area contributed by atoms with Crippen LogP contribution in [0, 0.1) is 0 Å². The first-order valence-electron chi connectivity index (χ1n) is 6.82. The molecule has 0 N–H and O–H groups in total. The molecule has 104 valence electrons. The van der Waals surface area contributed by atoms with Crippen LogP contribution in [0.5, 0.6) is 0 Å². The third-order valence-electron chi connectivity index (χ3n) is 3.87. The Labute approximate surface area is 123 Å². The van der Waals surface area contributed by atoms with Gasteiger partial charge in [0.25, 0.3) is 0 Å². The van der Waals surface area contributed by atoms with Crippen molar-refractivity contribution >= 4 is 27.4 Å². The molecule has 1 aliphatic heterocycles. The fraction of sp³-hybridized carbons (Fsp3) is 0.533. The van der Waals surface area contributed by atoms with Gasteiger partial charge in [0.1, 0.15) is 0 Å². The maximum absolute atomic E-state index is 11.4. The van der Waals surface area contributed by atoms with Crippen molar-refractivity contribution in [2.45, 2.75) is 26.8 Å². The molecule has 1 atom stereocenters. The number of anilines is 1. The molecule has 1 heterocycles. The lowest BCUT2D eigenvalue weighted by Gasteiger charge is -2.40. The second-order valence-electron chi connectivity index (χ2n) is 5.15. The molecule has 1 aromatic carbocycles. The Morgan fingerprint density at radius 3 is 2.68 bits per heavy atom. The summed E-state index contributed by atoms with van der Waals surface area (Å²) in [6, 6.07) is 6.46. The maximum atomic E-state index is 11.4.